The predicted octanol–water partition coefficient (Wildman–Crippen LogP) is 3.88. The topological polar surface area (TPSA) is 114 Å². The number of aliphatic hydroxyl groups excluding tert-OH is 1. The predicted molar refractivity (Wildman–Crippen MR) is 123 cm³/mol. The minimum Gasteiger partial charge on any atom is -0.481 e. The van der Waals surface area contributed by atoms with Crippen LogP contribution in [0.2, 0.25) is 0 Å². The lowest BCUT2D eigenvalue weighted by Crippen LogP contribution is -2.32. The summed E-state index contributed by atoms with van der Waals surface area (Å²) in [5.74, 6) is -3.36. The maximum absolute atomic E-state index is 14.5. The first-order chi connectivity index (χ1) is 16.5. The van der Waals surface area contributed by atoms with E-state index in [0.29, 0.717) is 0 Å². The standard InChI is InChI=1S/C25H27F2N3O5/c1-25(2,3)21(31)14-35-22-12-19(29-30(22)20-11-7-6-10-17(20)27)24(34)28-18(13-23(32)33)15-8-4-5-9-16(15)26/h4-12,18,21,31H,13-14H2,1-3H3,(H,28,34)(H,32,33). The van der Waals surface area contributed by atoms with Gasteiger partial charge in [0.05, 0.1) is 18.6 Å². The third-order valence-electron chi connectivity index (χ3n) is 5.34. The highest BCUT2D eigenvalue weighted by Gasteiger charge is 2.27. The van der Waals surface area contributed by atoms with Gasteiger partial charge in [0.15, 0.2) is 5.69 Å². The molecule has 2 unspecified atom stereocenters. The van der Waals surface area contributed by atoms with Gasteiger partial charge in [-0.1, -0.05) is 51.1 Å². The second kappa shape index (κ2) is 10.6. The van der Waals surface area contributed by atoms with Gasteiger partial charge in [-0.2, -0.15) is 9.78 Å². The summed E-state index contributed by atoms with van der Waals surface area (Å²) in [6.07, 6.45) is -1.44. The fourth-order valence-corrected chi connectivity index (χ4v) is 3.19. The van der Waals surface area contributed by atoms with E-state index in [-0.39, 0.29) is 29.4 Å². The average molecular weight is 488 g/mol. The van der Waals surface area contributed by atoms with Gasteiger partial charge in [-0.15, -0.1) is 0 Å². The molecule has 0 aliphatic carbocycles. The molecule has 3 N–H and O–H groups in total. The first-order valence-corrected chi connectivity index (χ1v) is 10.9. The quantitative estimate of drug-likeness (QED) is 0.422. The van der Waals surface area contributed by atoms with Gasteiger partial charge in [-0.3, -0.25) is 9.59 Å². The van der Waals surface area contributed by atoms with Gasteiger partial charge in [0.2, 0.25) is 5.88 Å². The lowest BCUT2D eigenvalue weighted by molar-refractivity contribution is -0.137. The van der Waals surface area contributed by atoms with Crippen molar-refractivity contribution in [2.45, 2.75) is 39.3 Å². The Hall–Kier alpha value is -3.79. The summed E-state index contributed by atoms with van der Waals surface area (Å²) < 4.78 is 35.6. The van der Waals surface area contributed by atoms with Gasteiger partial charge in [0.1, 0.15) is 23.9 Å². The third-order valence-corrected chi connectivity index (χ3v) is 5.34. The number of aliphatic hydroxyl groups is 1. The molecule has 2 aromatic carbocycles. The Morgan fingerprint density at radius 2 is 1.71 bits per heavy atom. The Morgan fingerprint density at radius 3 is 2.31 bits per heavy atom. The molecule has 3 rings (SSSR count). The molecule has 1 heterocycles. The number of halogens is 2. The molecule has 0 aliphatic heterocycles. The van der Waals surface area contributed by atoms with Crippen LogP contribution in [0.3, 0.4) is 0 Å². The number of carboxylic acids is 1. The number of aliphatic carboxylic acids is 1. The smallest absolute Gasteiger partial charge is 0.305 e. The first kappa shape index (κ1) is 25.8. The van der Waals surface area contributed by atoms with Crippen LogP contribution in [0.25, 0.3) is 5.69 Å². The summed E-state index contributed by atoms with van der Waals surface area (Å²) in [6, 6.07) is 11.3. The van der Waals surface area contributed by atoms with E-state index >= 15 is 0 Å². The Balaban J connectivity index is 1.94. The van der Waals surface area contributed by atoms with E-state index < -0.39 is 47.5 Å². The molecule has 35 heavy (non-hydrogen) atoms. The number of amides is 1. The molecule has 0 spiro atoms. The van der Waals surface area contributed by atoms with Crippen LogP contribution in [0.15, 0.2) is 54.6 Å². The van der Waals surface area contributed by atoms with Crippen LogP contribution < -0.4 is 10.1 Å². The molecular weight excluding hydrogens is 460 g/mol. The van der Waals surface area contributed by atoms with Crippen molar-refractivity contribution < 1.29 is 33.3 Å². The van der Waals surface area contributed by atoms with Crippen LogP contribution in [0.5, 0.6) is 5.88 Å². The van der Waals surface area contributed by atoms with Gasteiger partial charge < -0.3 is 20.3 Å². The number of nitrogens with one attached hydrogen (secondary N) is 1. The van der Waals surface area contributed by atoms with Crippen molar-refractivity contribution in [3.05, 3.63) is 77.5 Å². The maximum atomic E-state index is 14.5. The van der Waals surface area contributed by atoms with Crippen LogP contribution in [0.1, 0.15) is 49.3 Å². The summed E-state index contributed by atoms with van der Waals surface area (Å²) in [5, 5.41) is 26.2. The second-order valence-electron chi connectivity index (χ2n) is 9.07. The molecule has 186 valence electrons. The molecule has 1 amide bonds. The van der Waals surface area contributed by atoms with Gasteiger partial charge in [-0.25, -0.2) is 8.78 Å². The maximum Gasteiger partial charge on any atom is 0.305 e. The summed E-state index contributed by atoms with van der Waals surface area (Å²) in [6.45, 7) is 5.31. The van der Waals surface area contributed by atoms with Crippen LogP contribution in [0.4, 0.5) is 8.78 Å². The Labute approximate surface area is 201 Å². The van der Waals surface area contributed by atoms with E-state index in [1.54, 1.807) is 6.07 Å². The van der Waals surface area contributed by atoms with Gasteiger partial charge >= 0.3 is 5.97 Å². The number of carboxylic acid groups (broad SMARTS) is 1. The van der Waals surface area contributed by atoms with Crippen molar-refractivity contribution >= 4 is 11.9 Å². The van der Waals surface area contributed by atoms with Gasteiger partial charge in [-0.05, 0) is 23.6 Å². The normalized spacial score (nSPS) is 13.2. The summed E-state index contributed by atoms with van der Waals surface area (Å²) in [4.78, 5) is 24.3. The number of benzene rings is 2. The lowest BCUT2D eigenvalue weighted by atomic mass is 9.90. The molecule has 0 fully saturated rings. The van der Waals surface area contributed by atoms with Crippen molar-refractivity contribution in [3.8, 4) is 11.6 Å². The number of carbonyl (C=O) groups excluding carboxylic acids is 1. The number of aromatic nitrogens is 2. The fourth-order valence-electron chi connectivity index (χ4n) is 3.19. The van der Waals surface area contributed by atoms with E-state index in [2.05, 4.69) is 10.4 Å². The number of para-hydroxylation sites is 1. The molecule has 1 aromatic heterocycles. The Kier molecular flexibility index (Phi) is 7.85. The molecule has 10 heteroatoms. The van der Waals surface area contributed by atoms with Crippen LogP contribution >= 0.6 is 0 Å². The van der Waals surface area contributed by atoms with Gasteiger partial charge in [0, 0.05) is 11.6 Å². The Bertz CT molecular complexity index is 1210. The summed E-state index contributed by atoms with van der Waals surface area (Å²) in [5.41, 5.74) is -0.697. The SMILES string of the molecule is CC(C)(C)C(O)COc1cc(C(=O)NC(CC(=O)O)c2ccccc2F)nn1-c1ccccc1F. The van der Waals surface area contributed by atoms with Crippen molar-refractivity contribution in [2.24, 2.45) is 5.41 Å². The number of rotatable bonds is 9. The molecule has 0 bridgehead atoms. The highest BCUT2D eigenvalue weighted by atomic mass is 19.1. The minimum absolute atomic E-state index is 0.00144. The molecule has 2 atom stereocenters. The zero-order valence-electron chi connectivity index (χ0n) is 19.5. The van der Waals surface area contributed by atoms with Crippen molar-refractivity contribution in [3.63, 3.8) is 0 Å². The molecule has 0 saturated heterocycles. The Morgan fingerprint density at radius 1 is 1.09 bits per heavy atom. The van der Waals surface area contributed by atoms with E-state index in [1.807, 2.05) is 20.8 Å². The van der Waals surface area contributed by atoms with E-state index in [4.69, 9.17) is 4.74 Å². The van der Waals surface area contributed by atoms with Crippen LogP contribution in [0, 0.1) is 17.0 Å². The van der Waals surface area contributed by atoms with Crippen molar-refractivity contribution in [2.75, 3.05) is 6.61 Å². The molecular formula is C25H27F2N3O5. The zero-order valence-corrected chi connectivity index (χ0v) is 19.5. The van der Waals surface area contributed by atoms with Crippen LogP contribution in [-0.4, -0.2) is 44.6 Å². The number of hydrogen-bond acceptors (Lipinski definition) is 5. The first-order valence-electron chi connectivity index (χ1n) is 10.9. The highest BCUT2D eigenvalue weighted by molar-refractivity contribution is 5.93. The van der Waals surface area contributed by atoms with E-state index in [9.17, 15) is 28.6 Å². The number of hydrogen-bond donors (Lipinski definition) is 3. The fraction of sp³-hybridized carbons (Fsp3) is 0.320. The number of ether oxygens (including phenoxy) is 1. The molecule has 0 aliphatic rings. The van der Waals surface area contributed by atoms with E-state index in [0.717, 1.165) is 10.7 Å². The summed E-state index contributed by atoms with van der Waals surface area (Å²) >= 11 is 0. The lowest BCUT2D eigenvalue weighted by Gasteiger charge is -2.25. The van der Waals surface area contributed by atoms with Gasteiger partial charge in [0.25, 0.3) is 5.91 Å². The summed E-state index contributed by atoms with van der Waals surface area (Å²) in [7, 11) is 0. The average Bonchev–Trinajstić information content (AvgIpc) is 3.21. The third kappa shape index (κ3) is 6.42. The zero-order chi connectivity index (χ0) is 25.8. The highest BCUT2D eigenvalue weighted by Crippen LogP contribution is 2.26. The molecule has 0 saturated carbocycles. The minimum atomic E-state index is -1.24. The molecule has 0 radical (unpaired) electrons. The van der Waals surface area contributed by atoms with E-state index in [1.165, 1.54) is 42.5 Å². The largest absolute Gasteiger partial charge is 0.481 e. The van der Waals surface area contributed by atoms with Crippen LogP contribution in [-0.2, 0) is 4.79 Å². The molecule has 8 nitrogen and oxygen atoms in total. The molecule has 3 aromatic rings. The second-order valence-corrected chi connectivity index (χ2v) is 9.07. The van der Waals surface area contributed by atoms with Crippen molar-refractivity contribution in [1.29, 1.82) is 0 Å². The number of nitrogens with zero attached hydrogens (tertiary/aromatic N) is 2. The monoisotopic (exact) mass is 487 g/mol. The van der Waals surface area contributed by atoms with Crippen molar-refractivity contribution in [1.82, 2.24) is 15.1 Å². The number of carbonyl (C=O) groups is 2.